The van der Waals surface area contributed by atoms with Crippen LogP contribution in [0.3, 0.4) is 0 Å². The summed E-state index contributed by atoms with van der Waals surface area (Å²) in [5.74, 6) is -0.303. The van der Waals surface area contributed by atoms with Gasteiger partial charge in [-0.25, -0.2) is 8.42 Å². The van der Waals surface area contributed by atoms with E-state index in [1.807, 2.05) is 89.2 Å². The quantitative estimate of drug-likeness (QED) is 0.185. The first-order chi connectivity index (χ1) is 22.7. The summed E-state index contributed by atoms with van der Waals surface area (Å²) in [5.41, 5.74) is 3.07. The number of benzene rings is 4. The van der Waals surface area contributed by atoms with Gasteiger partial charge in [0.25, 0.3) is 10.0 Å². The first-order valence-corrected chi connectivity index (χ1v) is 17.2. The maximum Gasteiger partial charge on any atom is 0.264 e. The van der Waals surface area contributed by atoms with Crippen molar-refractivity contribution >= 4 is 27.5 Å². The van der Waals surface area contributed by atoms with Gasteiger partial charge in [0.05, 0.1) is 24.8 Å². The number of rotatable bonds is 13. The highest BCUT2D eigenvalue weighted by Crippen LogP contribution is 2.36. The highest BCUT2D eigenvalue weighted by atomic mass is 32.2. The molecule has 4 rings (SSSR count). The Bertz CT molecular complexity index is 1820. The van der Waals surface area contributed by atoms with E-state index >= 15 is 0 Å². The zero-order chi connectivity index (χ0) is 35.1. The Hall–Kier alpha value is -4.83. The number of ether oxygens (including phenoxy) is 2. The average molecular weight is 672 g/mol. The number of hydrogen-bond donors (Lipinski definition) is 1. The van der Waals surface area contributed by atoms with Gasteiger partial charge in [-0.3, -0.25) is 13.9 Å². The molecule has 9 nitrogen and oxygen atoms in total. The van der Waals surface area contributed by atoms with Crippen molar-refractivity contribution in [3.63, 3.8) is 0 Å². The highest BCUT2D eigenvalue weighted by molar-refractivity contribution is 7.92. The third kappa shape index (κ3) is 9.16. The van der Waals surface area contributed by atoms with Crippen molar-refractivity contribution in [3.05, 3.63) is 119 Å². The van der Waals surface area contributed by atoms with Gasteiger partial charge in [-0.1, -0.05) is 77.9 Å². The van der Waals surface area contributed by atoms with Gasteiger partial charge in [-0.05, 0) is 70.0 Å². The topological polar surface area (TPSA) is 105 Å². The van der Waals surface area contributed by atoms with Crippen LogP contribution in [0.5, 0.6) is 11.5 Å². The Morgan fingerprint density at radius 3 is 2.06 bits per heavy atom. The number of hydrogen-bond acceptors (Lipinski definition) is 6. The monoisotopic (exact) mass is 671 g/mol. The summed E-state index contributed by atoms with van der Waals surface area (Å²) in [6, 6.07) is 27.4. The van der Waals surface area contributed by atoms with Gasteiger partial charge in [-0.2, -0.15) is 0 Å². The molecule has 0 saturated heterocycles. The number of anilines is 1. The van der Waals surface area contributed by atoms with E-state index in [4.69, 9.17) is 9.47 Å². The van der Waals surface area contributed by atoms with Crippen LogP contribution in [-0.4, -0.2) is 57.5 Å². The van der Waals surface area contributed by atoms with Crippen LogP contribution in [-0.2, 0) is 32.6 Å². The fourth-order valence-electron chi connectivity index (χ4n) is 5.36. The van der Waals surface area contributed by atoms with E-state index in [2.05, 4.69) is 5.32 Å². The Morgan fingerprint density at radius 1 is 0.792 bits per heavy atom. The smallest absolute Gasteiger partial charge is 0.264 e. The number of amides is 2. The van der Waals surface area contributed by atoms with Crippen molar-refractivity contribution in [2.75, 3.05) is 25.1 Å². The molecule has 254 valence electrons. The number of nitrogens with zero attached hydrogens (tertiary/aromatic N) is 2. The lowest BCUT2D eigenvalue weighted by atomic mass is 10.0. The first kappa shape index (κ1) is 36.0. The third-order valence-electron chi connectivity index (χ3n) is 7.75. The molecule has 2 amide bonds. The van der Waals surface area contributed by atoms with Gasteiger partial charge in [0.1, 0.15) is 24.1 Å². The lowest BCUT2D eigenvalue weighted by Gasteiger charge is -2.35. The van der Waals surface area contributed by atoms with Crippen molar-refractivity contribution in [3.8, 4) is 11.5 Å². The number of aryl methyl sites for hydroxylation is 2. The highest BCUT2D eigenvalue weighted by Gasteiger charge is 2.36. The number of methoxy groups -OCH3 is 2. The third-order valence-corrected chi connectivity index (χ3v) is 9.52. The van der Waals surface area contributed by atoms with Crippen LogP contribution < -0.4 is 19.1 Å². The van der Waals surface area contributed by atoms with Crippen LogP contribution >= 0.6 is 0 Å². The summed E-state index contributed by atoms with van der Waals surface area (Å²) in [4.78, 5) is 30.3. The first-order valence-electron chi connectivity index (χ1n) is 15.7. The molecule has 0 radical (unpaired) electrons. The molecular formula is C38H45N3O6S. The van der Waals surface area contributed by atoms with Crippen molar-refractivity contribution in [1.82, 2.24) is 10.2 Å². The summed E-state index contributed by atoms with van der Waals surface area (Å²) in [5, 5.41) is 3.05. The second-order valence-corrected chi connectivity index (χ2v) is 14.7. The van der Waals surface area contributed by atoms with Gasteiger partial charge in [0.15, 0.2) is 0 Å². The summed E-state index contributed by atoms with van der Waals surface area (Å²) in [7, 11) is -1.42. The fourth-order valence-corrected chi connectivity index (χ4v) is 6.77. The molecule has 4 aromatic carbocycles. The van der Waals surface area contributed by atoms with Crippen LogP contribution in [0, 0.1) is 13.8 Å². The fraction of sp³-hybridized carbons (Fsp3) is 0.316. The predicted molar refractivity (Wildman–Crippen MR) is 189 cm³/mol. The molecule has 4 aromatic rings. The Balaban J connectivity index is 1.88. The van der Waals surface area contributed by atoms with Gasteiger partial charge in [-0.15, -0.1) is 0 Å². The van der Waals surface area contributed by atoms with Gasteiger partial charge in [0.2, 0.25) is 11.8 Å². The number of sulfonamides is 1. The number of nitrogens with one attached hydrogen (secondary N) is 1. The molecule has 0 aliphatic carbocycles. The van der Waals surface area contributed by atoms with Crippen molar-refractivity contribution in [2.45, 2.75) is 64.1 Å². The van der Waals surface area contributed by atoms with Gasteiger partial charge < -0.3 is 19.7 Å². The van der Waals surface area contributed by atoms with E-state index in [-0.39, 0.29) is 35.2 Å². The van der Waals surface area contributed by atoms with Crippen LogP contribution in [0.1, 0.15) is 43.0 Å². The zero-order valence-corrected chi connectivity index (χ0v) is 29.5. The standard InChI is InChI=1S/C38H45N3O6S/c1-27-16-19-32(20-17-27)48(44,45)41(33-24-31(46-6)18-21-35(33)47-7)26-36(42)40(25-30-15-11-12-28(2)22-30)34(37(43)39-38(3,4)5)23-29-13-9-8-10-14-29/h8-22,24,34H,23,25-26H2,1-7H3,(H,39,43)/t34-/m0/s1. The molecule has 0 saturated carbocycles. The number of carbonyl (C=O) groups is 2. The lowest BCUT2D eigenvalue weighted by molar-refractivity contribution is -0.140. The van der Waals surface area contributed by atoms with Gasteiger partial charge >= 0.3 is 0 Å². The molecule has 48 heavy (non-hydrogen) atoms. The molecule has 0 unspecified atom stereocenters. The predicted octanol–water partition coefficient (Wildman–Crippen LogP) is 6.07. The molecule has 0 heterocycles. The van der Waals surface area contributed by atoms with E-state index < -0.39 is 34.1 Å². The SMILES string of the molecule is COc1ccc(OC)c(N(CC(=O)N(Cc2cccc(C)c2)[C@@H](Cc2ccccc2)C(=O)NC(C)(C)C)S(=O)(=O)c2ccc(C)cc2)c1. The van der Waals surface area contributed by atoms with E-state index in [1.54, 1.807) is 24.3 Å². The minimum absolute atomic E-state index is 0.00215. The second-order valence-electron chi connectivity index (χ2n) is 12.8. The molecule has 0 fully saturated rings. The molecule has 1 N–H and O–H groups in total. The average Bonchev–Trinajstić information content (AvgIpc) is 3.04. The second kappa shape index (κ2) is 15.4. The van der Waals surface area contributed by atoms with Crippen molar-refractivity contribution in [2.24, 2.45) is 0 Å². The van der Waals surface area contributed by atoms with Crippen LogP contribution in [0.25, 0.3) is 0 Å². The maximum absolute atomic E-state index is 14.8. The maximum atomic E-state index is 14.8. The van der Waals surface area contributed by atoms with Crippen LogP contribution in [0.2, 0.25) is 0 Å². The molecule has 1 atom stereocenters. The van der Waals surface area contributed by atoms with Crippen molar-refractivity contribution < 1.29 is 27.5 Å². The largest absolute Gasteiger partial charge is 0.497 e. The molecule has 0 bridgehead atoms. The van der Waals surface area contributed by atoms with Crippen LogP contribution in [0.15, 0.2) is 102 Å². The van der Waals surface area contributed by atoms with E-state index in [9.17, 15) is 18.0 Å². The van der Waals surface area contributed by atoms with Crippen LogP contribution in [0.4, 0.5) is 5.69 Å². The summed E-state index contributed by atoms with van der Waals surface area (Å²) in [6.07, 6.45) is 0.216. The molecule has 0 aliphatic rings. The summed E-state index contributed by atoms with van der Waals surface area (Å²) < 4.78 is 40.9. The van der Waals surface area contributed by atoms with E-state index in [0.29, 0.717) is 5.75 Å². The minimum atomic E-state index is -4.32. The van der Waals surface area contributed by atoms with Crippen molar-refractivity contribution in [1.29, 1.82) is 0 Å². The molecule has 10 heteroatoms. The molecule has 0 aliphatic heterocycles. The van der Waals surface area contributed by atoms with Gasteiger partial charge in [0, 0.05) is 24.6 Å². The lowest BCUT2D eigenvalue weighted by Crippen LogP contribution is -2.56. The number of carbonyl (C=O) groups excluding carboxylic acids is 2. The normalized spacial score (nSPS) is 12.1. The minimum Gasteiger partial charge on any atom is -0.497 e. The summed E-state index contributed by atoms with van der Waals surface area (Å²) >= 11 is 0. The Kier molecular flexibility index (Phi) is 11.5. The Morgan fingerprint density at radius 2 is 1.46 bits per heavy atom. The molecule has 0 aromatic heterocycles. The molecule has 0 spiro atoms. The van der Waals surface area contributed by atoms with E-state index in [0.717, 1.165) is 26.6 Å². The summed E-state index contributed by atoms with van der Waals surface area (Å²) in [6.45, 7) is 8.91. The Labute approximate surface area is 284 Å². The zero-order valence-electron chi connectivity index (χ0n) is 28.7. The van der Waals surface area contributed by atoms with E-state index in [1.165, 1.54) is 37.3 Å². The molecular weight excluding hydrogens is 627 g/mol.